The minimum atomic E-state index is -0.396. The van der Waals surface area contributed by atoms with E-state index in [-0.39, 0.29) is 17.4 Å². The Kier molecular flexibility index (Phi) is 7.07. The standard InChI is InChI=1S/C15H18N4O2S3/c1-9(2)10-3-5-11(6-4-10)17-13(21)8-23-15-19-18-14(24-15)22-7-12(16)20/h3-6,9H,7-8H2,1-2H3,(H2,16,20)(H,17,21). The molecule has 9 heteroatoms. The lowest BCUT2D eigenvalue weighted by atomic mass is 10.0. The minimum absolute atomic E-state index is 0.0983. The number of benzene rings is 1. The van der Waals surface area contributed by atoms with E-state index in [2.05, 4.69) is 29.4 Å². The smallest absolute Gasteiger partial charge is 0.234 e. The van der Waals surface area contributed by atoms with Crippen LogP contribution in [0.25, 0.3) is 0 Å². The van der Waals surface area contributed by atoms with Gasteiger partial charge in [-0.25, -0.2) is 0 Å². The van der Waals surface area contributed by atoms with Gasteiger partial charge in [0.05, 0.1) is 11.5 Å². The predicted octanol–water partition coefficient (Wildman–Crippen LogP) is 2.97. The summed E-state index contributed by atoms with van der Waals surface area (Å²) in [6.07, 6.45) is 0. The molecule has 6 nitrogen and oxygen atoms in total. The third-order valence-corrected chi connectivity index (χ3v) is 6.13. The largest absolute Gasteiger partial charge is 0.369 e. The monoisotopic (exact) mass is 382 g/mol. The zero-order chi connectivity index (χ0) is 17.5. The number of nitrogens with two attached hydrogens (primary N) is 1. The Bertz CT molecular complexity index is 701. The number of nitrogens with zero attached hydrogens (tertiary/aromatic N) is 2. The lowest BCUT2D eigenvalue weighted by Gasteiger charge is -2.08. The van der Waals surface area contributed by atoms with Gasteiger partial charge in [0.1, 0.15) is 0 Å². The number of rotatable bonds is 8. The number of nitrogens with one attached hydrogen (secondary N) is 1. The molecule has 0 bridgehead atoms. The summed E-state index contributed by atoms with van der Waals surface area (Å²) in [6.45, 7) is 4.25. The molecule has 2 amide bonds. The molecule has 0 spiro atoms. The van der Waals surface area contributed by atoms with E-state index in [4.69, 9.17) is 5.73 Å². The van der Waals surface area contributed by atoms with Gasteiger partial charge in [-0.3, -0.25) is 9.59 Å². The second-order valence-electron chi connectivity index (χ2n) is 5.20. The van der Waals surface area contributed by atoms with Crippen LogP contribution in [0.3, 0.4) is 0 Å². The van der Waals surface area contributed by atoms with E-state index in [9.17, 15) is 9.59 Å². The SMILES string of the molecule is CC(C)c1ccc(NC(=O)CSc2nnc(SCC(N)=O)s2)cc1. The van der Waals surface area contributed by atoms with Gasteiger partial charge >= 0.3 is 0 Å². The molecule has 24 heavy (non-hydrogen) atoms. The van der Waals surface area contributed by atoms with Crippen molar-refractivity contribution < 1.29 is 9.59 Å². The van der Waals surface area contributed by atoms with Gasteiger partial charge < -0.3 is 11.1 Å². The van der Waals surface area contributed by atoms with Crippen LogP contribution in [0.2, 0.25) is 0 Å². The lowest BCUT2D eigenvalue weighted by Crippen LogP contribution is -2.13. The number of hydrogen-bond donors (Lipinski definition) is 2. The topological polar surface area (TPSA) is 98.0 Å². The van der Waals surface area contributed by atoms with Crippen LogP contribution in [-0.2, 0) is 9.59 Å². The fraction of sp³-hybridized carbons (Fsp3) is 0.333. The van der Waals surface area contributed by atoms with Gasteiger partial charge in [0, 0.05) is 5.69 Å². The quantitative estimate of drug-likeness (QED) is 0.681. The van der Waals surface area contributed by atoms with Crippen molar-refractivity contribution in [3.8, 4) is 0 Å². The zero-order valence-corrected chi connectivity index (χ0v) is 15.8. The molecule has 0 radical (unpaired) electrons. The summed E-state index contributed by atoms with van der Waals surface area (Å²) in [4.78, 5) is 22.7. The lowest BCUT2D eigenvalue weighted by molar-refractivity contribution is -0.115. The van der Waals surface area contributed by atoms with E-state index in [1.165, 1.54) is 40.4 Å². The van der Waals surface area contributed by atoms with Crippen LogP contribution in [0.1, 0.15) is 25.3 Å². The predicted molar refractivity (Wildman–Crippen MR) is 99.7 cm³/mol. The minimum Gasteiger partial charge on any atom is -0.369 e. The Morgan fingerprint density at radius 1 is 1.12 bits per heavy atom. The number of primary amides is 1. The van der Waals surface area contributed by atoms with Crippen molar-refractivity contribution in [2.45, 2.75) is 28.4 Å². The van der Waals surface area contributed by atoms with E-state index in [1.54, 1.807) is 0 Å². The first-order valence-corrected chi connectivity index (χ1v) is 10.00. The average molecular weight is 383 g/mol. The Morgan fingerprint density at radius 2 is 1.71 bits per heavy atom. The van der Waals surface area contributed by atoms with Crippen molar-refractivity contribution in [3.63, 3.8) is 0 Å². The van der Waals surface area contributed by atoms with Gasteiger partial charge in [0.2, 0.25) is 11.8 Å². The molecule has 1 heterocycles. The number of thioether (sulfide) groups is 2. The zero-order valence-electron chi connectivity index (χ0n) is 13.3. The van der Waals surface area contributed by atoms with Crippen molar-refractivity contribution >= 4 is 52.4 Å². The van der Waals surface area contributed by atoms with E-state index < -0.39 is 5.91 Å². The second-order valence-corrected chi connectivity index (χ2v) is 8.62. The van der Waals surface area contributed by atoms with Crippen LogP contribution in [0, 0.1) is 0 Å². The Balaban J connectivity index is 1.79. The molecule has 3 N–H and O–H groups in total. The van der Waals surface area contributed by atoms with Crippen molar-refractivity contribution in [2.75, 3.05) is 16.8 Å². The van der Waals surface area contributed by atoms with Crippen molar-refractivity contribution in [1.29, 1.82) is 0 Å². The number of amides is 2. The molecule has 0 aliphatic heterocycles. The molecule has 1 aromatic heterocycles. The maximum absolute atomic E-state index is 12.0. The van der Waals surface area contributed by atoms with Gasteiger partial charge in [-0.2, -0.15) is 0 Å². The molecule has 2 aromatic rings. The summed E-state index contributed by atoms with van der Waals surface area (Å²) < 4.78 is 1.35. The molecule has 0 aliphatic carbocycles. The third kappa shape index (κ3) is 6.14. The highest BCUT2D eigenvalue weighted by atomic mass is 32.2. The number of carbonyl (C=O) groups is 2. The highest BCUT2D eigenvalue weighted by Crippen LogP contribution is 2.28. The van der Waals surface area contributed by atoms with Crippen molar-refractivity contribution in [2.24, 2.45) is 5.73 Å². The first-order chi connectivity index (χ1) is 11.4. The van der Waals surface area contributed by atoms with Gasteiger partial charge in [-0.15, -0.1) is 10.2 Å². The fourth-order valence-electron chi connectivity index (χ4n) is 1.72. The summed E-state index contributed by atoms with van der Waals surface area (Å²) in [5, 5.41) is 10.8. The fourth-order valence-corrected chi connectivity index (χ4v) is 4.28. The first-order valence-electron chi connectivity index (χ1n) is 7.21. The highest BCUT2D eigenvalue weighted by molar-refractivity contribution is 8.03. The summed E-state index contributed by atoms with van der Waals surface area (Å²) in [5.41, 5.74) is 7.09. The van der Waals surface area contributed by atoms with E-state index in [0.29, 0.717) is 14.6 Å². The molecule has 0 aliphatic rings. The van der Waals surface area contributed by atoms with Gasteiger partial charge in [0.15, 0.2) is 8.68 Å². The summed E-state index contributed by atoms with van der Waals surface area (Å²) in [6, 6.07) is 7.84. The van der Waals surface area contributed by atoms with Crippen molar-refractivity contribution in [3.05, 3.63) is 29.8 Å². The maximum Gasteiger partial charge on any atom is 0.234 e. The maximum atomic E-state index is 12.0. The third-order valence-electron chi connectivity index (χ3n) is 2.91. The van der Waals surface area contributed by atoms with Gasteiger partial charge in [-0.1, -0.05) is 60.8 Å². The summed E-state index contributed by atoms with van der Waals surface area (Å²) >= 11 is 3.90. The molecule has 0 unspecified atom stereocenters. The molecule has 1 aromatic carbocycles. The number of aromatic nitrogens is 2. The molecular weight excluding hydrogens is 364 g/mol. The molecule has 128 valence electrons. The van der Waals surface area contributed by atoms with Crippen LogP contribution < -0.4 is 11.1 Å². The van der Waals surface area contributed by atoms with Crippen molar-refractivity contribution in [1.82, 2.24) is 10.2 Å². The second kappa shape index (κ2) is 9.05. The average Bonchev–Trinajstić information content (AvgIpc) is 2.99. The van der Waals surface area contributed by atoms with Crippen LogP contribution >= 0.6 is 34.9 Å². The normalized spacial score (nSPS) is 10.8. The van der Waals surface area contributed by atoms with Crippen LogP contribution in [0.15, 0.2) is 32.9 Å². The number of anilines is 1. The molecule has 0 atom stereocenters. The summed E-state index contributed by atoms with van der Waals surface area (Å²) in [7, 11) is 0. The van der Waals surface area contributed by atoms with Crippen LogP contribution in [-0.4, -0.2) is 33.5 Å². The highest BCUT2D eigenvalue weighted by Gasteiger charge is 2.10. The Hall–Kier alpha value is -1.58. The van der Waals surface area contributed by atoms with Crippen LogP contribution in [0.5, 0.6) is 0 Å². The number of hydrogen-bond acceptors (Lipinski definition) is 7. The molecular formula is C15H18N4O2S3. The Labute approximate surface area is 153 Å². The number of carbonyl (C=O) groups excluding carboxylic acids is 2. The van der Waals surface area contributed by atoms with E-state index in [0.717, 1.165) is 5.69 Å². The first kappa shape index (κ1) is 18.8. The molecule has 2 rings (SSSR count). The molecule has 0 saturated carbocycles. The van der Waals surface area contributed by atoms with E-state index in [1.807, 2.05) is 24.3 Å². The van der Waals surface area contributed by atoms with Gasteiger partial charge in [-0.05, 0) is 23.6 Å². The summed E-state index contributed by atoms with van der Waals surface area (Å²) in [5.74, 6) is 0.392. The molecule has 0 fully saturated rings. The van der Waals surface area contributed by atoms with Crippen LogP contribution in [0.4, 0.5) is 5.69 Å². The molecule has 0 saturated heterocycles. The Morgan fingerprint density at radius 3 is 2.25 bits per heavy atom. The van der Waals surface area contributed by atoms with Gasteiger partial charge in [0.25, 0.3) is 0 Å². The van der Waals surface area contributed by atoms with E-state index >= 15 is 0 Å².